The predicted octanol–water partition coefficient (Wildman–Crippen LogP) is 2.47. The Morgan fingerprint density at radius 3 is 2.26 bits per heavy atom. The Labute approximate surface area is 136 Å². The summed E-state index contributed by atoms with van der Waals surface area (Å²) in [6.45, 7) is 7.62. The number of carbonyl (C=O) groups excluding carboxylic acids is 1. The first-order valence-electron chi connectivity index (χ1n) is 7.66. The Balaban J connectivity index is 2.68. The molecule has 1 aromatic rings. The molecule has 0 spiro atoms. The van der Waals surface area contributed by atoms with Crippen molar-refractivity contribution in [3.05, 3.63) is 24.3 Å². The molecule has 1 amide bonds. The monoisotopic (exact) mass is 323 g/mol. The fraction of sp³-hybridized carbons (Fsp3) is 0.529. The highest BCUT2D eigenvalue weighted by Gasteiger charge is 2.32. The molecule has 0 aliphatic carbocycles. The smallest absolute Gasteiger partial charge is 0.305 e. The van der Waals surface area contributed by atoms with E-state index in [4.69, 9.17) is 14.6 Å². The third-order valence-corrected chi connectivity index (χ3v) is 3.73. The molecule has 128 valence electrons. The first kappa shape index (κ1) is 18.8. The number of carboxylic acid groups (broad SMARTS) is 1. The number of hydrogen-bond acceptors (Lipinski definition) is 4. The van der Waals surface area contributed by atoms with Gasteiger partial charge in [-0.25, -0.2) is 0 Å². The molecule has 0 aliphatic heterocycles. The highest BCUT2D eigenvalue weighted by atomic mass is 16.5. The van der Waals surface area contributed by atoms with E-state index in [1.807, 2.05) is 26.8 Å². The van der Waals surface area contributed by atoms with Crippen molar-refractivity contribution in [1.82, 2.24) is 5.32 Å². The number of rotatable bonds is 9. The van der Waals surface area contributed by atoms with Crippen LogP contribution >= 0.6 is 0 Å². The van der Waals surface area contributed by atoms with Crippen LogP contribution < -0.4 is 14.8 Å². The largest absolute Gasteiger partial charge is 0.490 e. The molecule has 0 aliphatic rings. The molecular formula is C17H25NO5. The van der Waals surface area contributed by atoms with Crippen molar-refractivity contribution in [1.29, 1.82) is 0 Å². The molecule has 6 nitrogen and oxygen atoms in total. The average molecular weight is 323 g/mol. The Morgan fingerprint density at radius 2 is 1.78 bits per heavy atom. The molecule has 0 fully saturated rings. The van der Waals surface area contributed by atoms with Crippen molar-refractivity contribution in [2.24, 2.45) is 5.92 Å². The number of amides is 1. The van der Waals surface area contributed by atoms with Gasteiger partial charge in [0, 0.05) is 0 Å². The van der Waals surface area contributed by atoms with Crippen LogP contribution in [0.25, 0.3) is 0 Å². The first-order chi connectivity index (χ1) is 10.8. The van der Waals surface area contributed by atoms with Gasteiger partial charge >= 0.3 is 5.97 Å². The average Bonchev–Trinajstić information content (AvgIpc) is 2.45. The number of para-hydroxylation sites is 2. The zero-order valence-electron chi connectivity index (χ0n) is 14.1. The summed E-state index contributed by atoms with van der Waals surface area (Å²) in [5.74, 6) is -0.301. The molecule has 0 saturated carbocycles. The van der Waals surface area contributed by atoms with E-state index in [1.54, 1.807) is 25.1 Å². The van der Waals surface area contributed by atoms with Crippen LogP contribution in [0.15, 0.2) is 24.3 Å². The molecule has 6 heteroatoms. The van der Waals surface area contributed by atoms with E-state index in [0.29, 0.717) is 18.1 Å². The van der Waals surface area contributed by atoms with Crippen LogP contribution in [0.2, 0.25) is 0 Å². The number of hydrogen-bond donors (Lipinski definition) is 2. The van der Waals surface area contributed by atoms with E-state index in [0.717, 1.165) is 0 Å². The van der Waals surface area contributed by atoms with Crippen LogP contribution in [-0.2, 0) is 9.59 Å². The van der Waals surface area contributed by atoms with Crippen LogP contribution in [0.4, 0.5) is 0 Å². The van der Waals surface area contributed by atoms with Gasteiger partial charge in [-0.05, 0) is 31.9 Å². The SMILES string of the molecule is CCOc1ccccc1OCC(=O)NC(C)(CC(=O)O)C(C)C. The minimum atomic E-state index is -0.955. The summed E-state index contributed by atoms with van der Waals surface area (Å²) in [5.41, 5.74) is -0.828. The highest BCUT2D eigenvalue weighted by Crippen LogP contribution is 2.26. The van der Waals surface area contributed by atoms with E-state index in [9.17, 15) is 9.59 Å². The van der Waals surface area contributed by atoms with Crippen LogP contribution in [-0.4, -0.2) is 35.7 Å². The van der Waals surface area contributed by atoms with Gasteiger partial charge in [0.25, 0.3) is 5.91 Å². The zero-order valence-corrected chi connectivity index (χ0v) is 14.1. The Bertz CT molecular complexity index is 544. The summed E-state index contributed by atoms with van der Waals surface area (Å²) in [6.07, 6.45) is -0.147. The molecule has 0 heterocycles. The highest BCUT2D eigenvalue weighted by molar-refractivity contribution is 5.79. The molecule has 0 saturated heterocycles. The maximum Gasteiger partial charge on any atom is 0.305 e. The minimum absolute atomic E-state index is 0.0294. The lowest BCUT2D eigenvalue weighted by Gasteiger charge is -2.33. The van der Waals surface area contributed by atoms with E-state index in [1.165, 1.54) is 0 Å². The number of carbonyl (C=O) groups is 2. The van der Waals surface area contributed by atoms with Gasteiger partial charge < -0.3 is 19.9 Å². The van der Waals surface area contributed by atoms with Crippen molar-refractivity contribution in [3.63, 3.8) is 0 Å². The second-order valence-electron chi connectivity index (χ2n) is 5.86. The van der Waals surface area contributed by atoms with Gasteiger partial charge in [-0.15, -0.1) is 0 Å². The molecule has 0 radical (unpaired) electrons. The third kappa shape index (κ3) is 5.81. The summed E-state index contributed by atoms with van der Waals surface area (Å²) in [4.78, 5) is 23.1. The Kier molecular flexibility index (Phi) is 6.88. The van der Waals surface area contributed by atoms with Gasteiger partial charge in [0.1, 0.15) is 0 Å². The van der Waals surface area contributed by atoms with Gasteiger partial charge in [0.05, 0.1) is 18.6 Å². The van der Waals surface area contributed by atoms with Gasteiger partial charge in [-0.3, -0.25) is 9.59 Å². The summed E-state index contributed by atoms with van der Waals surface area (Å²) in [6, 6.07) is 7.09. The molecule has 1 rings (SSSR count). The van der Waals surface area contributed by atoms with Crippen molar-refractivity contribution < 1.29 is 24.2 Å². The van der Waals surface area contributed by atoms with Crippen molar-refractivity contribution in [2.45, 2.75) is 39.7 Å². The lowest BCUT2D eigenvalue weighted by atomic mass is 9.85. The summed E-state index contributed by atoms with van der Waals surface area (Å²) in [7, 11) is 0. The molecule has 0 bridgehead atoms. The lowest BCUT2D eigenvalue weighted by molar-refractivity contribution is -0.139. The number of aliphatic carboxylic acids is 1. The summed E-state index contributed by atoms with van der Waals surface area (Å²) >= 11 is 0. The van der Waals surface area contributed by atoms with Gasteiger partial charge in [-0.1, -0.05) is 26.0 Å². The molecular weight excluding hydrogens is 298 g/mol. The molecule has 1 unspecified atom stereocenters. The van der Waals surface area contributed by atoms with E-state index in [-0.39, 0.29) is 24.9 Å². The molecule has 2 N–H and O–H groups in total. The second-order valence-corrected chi connectivity index (χ2v) is 5.86. The number of ether oxygens (including phenoxy) is 2. The fourth-order valence-corrected chi connectivity index (χ4v) is 2.05. The summed E-state index contributed by atoms with van der Waals surface area (Å²) in [5, 5.41) is 11.8. The second kappa shape index (κ2) is 8.41. The van der Waals surface area contributed by atoms with Crippen molar-refractivity contribution in [2.75, 3.05) is 13.2 Å². The summed E-state index contributed by atoms with van der Waals surface area (Å²) < 4.78 is 10.9. The topological polar surface area (TPSA) is 84.9 Å². The van der Waals surface area contributed by atoms with E-state index in [2.05, 4.69) is 5.32 Å². The van der Waals surface area contributed by atoms with Crippen molar-refractivity contribution >= 4 is 11.9 Å². The third-order valence-electron chi connectivity index (χ3n) is 3.73. The minimum Gasteiger partial charge on any atom is -0.490 e. The molecule has 1 aromatic carbocycles. The maximum absolute atomic E-state index is 12.1. The van der Waals surface area contributed by atoms with Gasteiger partial charge in [-0.2, -0.15) is 0 Å². The van der Waals surface area contributed by atoms with Crippen LogP contribution in [0.1, 0.15) is 34.1 Å². The molecule has 23 heavy (non-hydrogen) atoms. The maximum atomic E-state index is 12.1. The van der Waals surface area contributed by atoms with Crippen LogP contribution in [0, 0.1) is 5.92 Å². The Morgan fingerprint density at radius 1 is 1.22 bits per heavy atom. The van der Waals surface area contributed by atoms with E-state index < -0.39 is 11.5 Å². The number of carboxylic acids is 1. The van der Waals surface area contributed by atoms with Crippen LogP contribution in [0.3, 0.4) is 0 Å². The number of benzene rings is 1. The number of nitrogens with one attached hydrogen (secondary N) is 1. The quantitative estimate of drug-likeness (QED) is 0.729. The molecule has 0 aromatic heterocycles. The fourth-order valence-electron chi connectivity index (χ4n) is 2.05. The standard InChI is InChI=1S/C17H25NO5/c1-5-22-13-8-6-7-9-14(13)23-11-15(19)18-17(4,12(2)3)10-16(20)21/h6-9,12H,5,10-11H2,1-4H3,(H,18,19)(H,20,21). The normalized spacial score (nSPS) is 13.3. The Hall–Kier alpha value is -2.24. The van der Waals surface area contributed by atoms with Crippen LogP contribution in [0.5, 0.6) is 11.5 Å². The molecule has 1 atom stereocenters. The van der Waals surface area contributed by atoms with E-state index >= 15 is 0 Å². The first-order valence-corrected chi connectivity index (χ1v) is 7.66. The van der Waals surface area contributed by atoms with Gasteiger partial charge in [0.2, 0.25) is 0 Å². The predicted molar refractivity (Wildman–Crippen MR) is 86.7 cm³/mol. The van der Waals surface area contributed by atoms with Crippen molar-refractivity contribution in [3.8, 4) is 11.5 Å². The van der Waals surface area contributed by atoms with Gasteiger partial charge in [0.15, 0.2) is 18.1 Å². The zero-order chi connectivity index (χ0) is 17.5. The lowest BCUT2D eigenvalue weighted by Crippen LogP contribution is -2.52.